The molecule has 0 saturated carbocycles. The van der Waals surface area contributed by atoms with Crippen LogP contribution >= 0.6 is 0 Å². The summed E-state index contributed by atoms with van der Waals surface area (Å²) in [6, 6.07) is 64.4. The summed E-state index contributed by atoms with van der Waals surface area (Å²) in [5.74, 6) is 0. The molecule has 2 heterocycles. The first kappa shape index (κ1) is 43.3. The number of fused-ring (bicyclic) bond motifs is 7. The number of nitrogens with zero attached hydrogens (tertiary/aromatic N) is 2. The molecule has 2 nitrogen and oxygen atoms in total. The van der Waals surface area contributed by atoms with Gasteiger partial charge in [-0.25, -0.2) is 0 Å². The van der Waals surface area contributed by atoms with Crippen LogP contribution in [0, 0.1) is 0 Å². The van der Waals surface area contributed by atoms with E-state index in [1.165, 1.54) is 71.8 Å². The van der Waals surface area contributed by atoms with Gasteiger partial charge in [-0.3, -0.25) is 0 Å². The van der Waals surface area contributed by atoms with Crippen LogP contribution in [0.3, 0.4) is 0 Å². The standard InChI is InChI=1S/C62H50N2.C2H6/c1-7-21-42(9-3)43-31-35-47(36-32-43)63(49-39-40-52-51(22-8-2)55(10-4)62(5,6)56(52)41-49)48-37-33-45(34-38-48)58-59(44-23-13-11-14-24-44)61-54-29-18-17-27-50(54)53-28-19-20-30-57(53)64(61)60(58)46-25-15-12-16-26-46;1-2/h7-41H,1,3-4H2,2,5-6H3;1-2H3/b22-8-,42-21+;. The first-order chi connectivity index (χ1) is 32.4. The van der Waals surface area contributed by atoms with Crippen molar-refractivity contribution in [3.8, 4) is 33.5 Å². The Morgan fingerprint density at radius 2 is 1.14 bits per heavy atom. The Balaban J connectivity index is 0.00000270. The molecular weight excluding hydrogens is 797 g/mol. The van der Waals surface area contributed by atoms with Gasteiger partial charge in [-0.2, -0.15) is 0 Å². The van der Waals surface area contributed by atoms with Gasteiger partial charge in [0.05, 0.1) is 16.7 Å². The highest BCUT2D eigenvalue weighted by Gasteiger charge is 2.36. The molecule has 1 aliphatic carbocycles. The Bertz CT molecular complexity index is 3260. The van der Waals surface area contributed by atoms with Crippen molar-refractivity contribution >= 4 is 55.4 Å². The number of anilines is 3. The van der Waals surface area contributed by atoms with Crippen molar-refractivity contribution < 1.29 is 0 Å². The van der Waals surface area contributed by atoms with Crippen molar-refractivity contribution in [3.63, 3.8) is 0 Å². The van der Waals surface area contributed by atoms with Crippen LogP contribution in [0.15, 0.2) is 238 Å². The van der Waals surface area contributed by atoms with Crippen molar-refractivity contribution in [2.45, 2.75) is 40.0 Å². The predicted octanol–water partition coefficient (Wildman–Crippen LogP) is 18.3. The number of rotatable bonds is 11. The molecule has 2 aromatic heterocycles. The van der Waals surface area contributed by atoms with Gasteiger partial charge in [-0.1, -0.05) is 217 Å². The van der Waals surface area contributed by atoms with Crippen LogP contribution in [0.4, 0.5) is 17.1 Å². The monoisotopic (exact) mass is 852 g/mol. The SMILES string of the molecule is C=C/C=C(\C=C)c1ccc(N(c2ccc(-c3c(-c4ccccc4)c4c5ccccc5c5ccccc5n4c3-c3ccccc3)cc2)c2ccc3c(c2)C(C)(C)C(C=C)=C3/C=C\C)cc1.CC. The molecule has 2 heteroatoms. The van der Waals surface area contributed by atoms with Crippen molar-refractivity contribution in [1.82, 2.24) is 4.40 Å². The topological polar surface area (TPSA) is 7.65 Å². The van der Waals surface area contributed by atoms with Gasteiger partial charge in [-0.15, -0.1) is 0 Å². The number of hydrogen-bond acceptors (Lipinski definition) is 1. The Labute approximate surface area is 390 Å². The zero-order chi connectivity index (χ0) is 46.0. The highest BCUT2D eigenvalue weighted by molar-refractivity contribution is 6.20. The average Bonchev–Trinajstić information content (AvgIpc) is 3.84. The van der Waals surface area contributed by atoms with Crippen LogP contribution in [0.2, 0.25) is 0 Å². The third-order valence-corrected chi connectivity index (χ3v) is 13.0. The van der Waals surface area contributed by atoms with E-state index in [0.29, 0.717) is 0 Å². The lowest BCUT2D eigenvalue weighted by Crippen LogP contribution is -2.17. The summed E-state index contributed by atoms with van der Waals surface area (Å²) in [5.41, 5.74) is 19.6. The summed E-state index contributed by atoms with van der Waals surface area (Å²) in [6.45, 7) is 23.0. The van der Waals surface area contributed by atoms with Crippen LogP contribution in [0.5, 0.6) is 0 Å². The minimum Gasteiger partial charge on any atom is -0.310 e. The molecule has 10 rings (SSSR count). The lowest BCUT2D eigenvalue weighted by atomic mass is 9.81. The van der Waals surface area contributed by atoms with E-state index < -0.39 is 0 Å². The molecule has 0 unspecified atom stereocenters. The van der Waals surface area contributed by atoms with Gasteiger partial charge in [0, 0.05) is 44.4 Å². The lowest BCUT2D eigenvalue weighted by molar-refractivity contribution is 0.654. The summed E-state index contributed by atoms with van der Waals surface area (Å²) in [7, 11) is 0. The first-order valence-electron chi connectivity index (χ1n) is 23.1. The molecular formula is C64H56N2. The fourth-order valence-electron chi connectivity index (χ4n) is 10.1. The number of aromatic nitrogens is 1. The zero-order valence-electron chi connectivity index (χ0n) is 38.7. The predicted molar refractivity (Wildman–Crippen MR) is 288 cm³/mol. The molecule has 0 amide bonds. The van der Waals surface area contributed by atoms with Crippen LogP contribution in [0.25, 0.3) is 71.8 Å². The molecule has 0 atom stereocenters. The smallest absolute Gasteiger partial charge is 0.0626 e. The summed E-state index contributed by atoms with van der Waals surface area (Å²) < 4.78 is 2.52. The van der Waals surface area contributed by atoms with E-state index in [1.807, 2.05) is 38.2 Å². The fraction of sp³-hybridized carbons (Fsp3) is 0.0938. The number of pyridine rings is 1. The lowest BCUT2D eigenvalue weighted by Gasteiger charge is -2.29. The highest BCUT2D eigenvalue weighted by Crippen LogP contribution is 2.51. The van der Waals surface area contributed by atoms with Crippen molar-refractivity contribution in [3.05, 3.63) is 254 Å². The van der Waals surface area contributed by atoms with Crippen molar-refractivity contribution in [2.75, 3.05) is 4.90 Å². The maximum absolute atomic E-state index is 4.26. The molecule has 0 spiro atoms. The Morgan fingerprint density at radius 1 is 0.576 bits per heavy atom. The molecule has 0 saturated heterocycles. The third-order valence-electron chi connectivity index (χ3n) is 13.0. The summed E-state index contributed by atoms with van der Waals surface area (Å²) in [5, 5.41) is 3.70. The van der Waals surface area contributed by atoms with Crippen LogP contribution < -0.4 is 4.90 Å². The normalized spacial score (nSPS) is 13.2. The highest BCUT2D eigenvalue weighted by atomic mass is 15.1. The molecule has 0 bridgehead atoms. The minimum absolute atomic E-state index is 0.219. The van der Waals surface area contributed by atoms with Crippen LogP contribution in [-0.2, 0) is 5.41 Å². The maximum Gasteiger partial charge on any atom is 0.0626 e. The van der Waals surface area contributed by atoms with E-state index >= 15 is 0 Å². The van der Waals surface area contributed by atoms with Gasteiger partial charge in [-0.05, 0) is 105 Å². The van der Waals surface area contributed by atoms with Gasteiger partial charge in [0.25, 0.3) is 0 Å². The van der Waals surface area contributed by atoms with E-state index in [-0.39, 0.29) is 5.41 Å². The zero-order valence-corrected chi connectivity index (χ0v) is 38.7. The molecule has 0 N–H and O–H groups in total. The quantitative estimate of drug-likeness (QED) is 0.0929. The molecule has 0 fully saturated rings. The number of para-hydroxylation sites is 1. The van der Waals surface area contributed by atoms with Crippen LogP contribution in [-0.4, -0.2) is 4.40 Å². The van der Waals surface area contributed by atoms with Gasteiger partial charge < -0.3 is 9.30 Å². The second-order valence-electron chi connectivity index (χ2n) is 17.0. The van der Waals surface area contributed by atoms with Crippen LogP contribution in [0.1, 0.15) is 51.3 Å². The molecule has 1 aliphatic rings. The van der Waals surface area contributed by atoms with E-state index in [0.717, 1.165) is 39.3 Å². The van der Waals surface area contributed by atoms with Gasteiger partial charge in [0.2, 0.25) is 0 Å². The number of hydrogen-bond donors (Lipinski definition) is 0. The summed E-state index contributed by atoms with van der Waals surface area (Å²) >= 11 is 0. The Hall–Kier alpha value is -7.94. The van der Waals surface area contributed by atoms with E-state index in [1.54, 1.807) is 0 Å². The van der Waals surface area contributed by atoms with Gasteiger partial charge in [0.1, 0.15) is 0 Å². The molecule has 0 radical (unpaired) electrons. The summed E-state index contributed by atoms with van der Waals surface area (Å²) in [6.07, 6.45) is 12.1. The maximum atomic E-state index is 4.26. The third kappa shape index (κ3) is 7.25. The summed E-state index contributed by atoms with van der Waals surface area (Å²) in [4.78, 5) is 2.38. The largest absolute Gasteiger partial charge is 0.310 e. The second-order valence-corrected chi connectivity index (χ2v) is 17.0. The minimum atomic E-state index is -0.219. The van der Waals surface area contributed by atoms with Crippen molar-refractivity contribution in [1.29, 1.82) is 0 Å². The van der Waals surface area contributed by atoms with Gasteiger partial charge in [0.15, 0.2) is 0 Å². The number of benzene rings is 7. The van der Waals surface area contributed by atoms with Crippen molar-refractivity contribution in [2.24, 2.45) is 0 Å². The van der Waals surface area contributed by atoms with E-state index in [2.05, 4.69) is 238 Å². The Morgan fingerprint density at radius 3 is 1.76 bits per heavy atom. The molecule has 0 aliphatic heterocycles. The first-order valence-corrected chi connectivity index (χ1v) is 23.1. The van der Waals surface area contributed by atoms with E-state index in [4.69, 9.17) is 0 Å². The molecule has 7 aromatic carbocycles. The molecule has 66 heavy (non-hydrogen) atoms. The Kier molecular flexibility index (Phi) is 12.0. The van der Waals surface area contributed by atoms with Gasteiger partial charge >= 0.3 is 0 Å². The fourth-order valence-corrected chi connectivity index (χ4v) is 10.1. The molecule has 9 aromatic rings. The molecule has 322 valence electrons. The average molecular weight is 853 g/mol. The number of allylic oxidation sites excluding steroid dienone is 9. The second kappa shape index (κ2) is 18.3. The van der Waals surface area contributed by atoms with E-state index in [9.17, 15) is 0 Å².